The van der Waals surface area contributed by atoms with Gasteiger partial charge in [-0.05, 0) is 30.7 Å². The summed E-state index contributed by atoms with van der Waals surface area (Å²) in [5, 5.41) is 3.90. The molecule has 1 N–H and O–H groups in total. The van der Waals surface area contributed by atoms with Crippen molar-refractivity contribution in [3.8, 4) is 11.5 Å². The molecule has 0 atom stereocenters. The van der Waals surface area contributed by atoms with Gasteiger partial charge in [0.15, 0.2) is 11.5 Å². The molecule has 20 heavy (non-hydrogen) atoms. The molecule has 0 fully saturated rings. The molecule has 0 spiro atoms. The molecular formula is C15H17ClN2O2. The van der Waals surface area contributed by atoms with Gasteiger partial charge >= 0.3 is 0 Å². The van der Waals surface area contributed by atoms with Crippen molar-refractivity contribution in [1.29, 1.82) is 0 Å². The summed E-state index contributed by atoms with van der Waals surface area (Å²) in [5.41, 5.74) is 1.89. The first-order valence-electron chi connectivity index (χ1n) is 6.37. The molecule has 1 heterocycles. The molecule has 106 valence electrons. The first-order valence-corrected chi connectivity index (χ1v) is 6.75. The van der Waals surface area contributed by atoms with Gasteiger partial charge in [0, 0.05) is 12.7 Å². The van der Waals surface area contributed by atoms with Gasteiger partial charge in [0.1, 0.15) is 0 Å². The van der Waals surface area contributed by atoms with Crippen LogP contribution in [0.3, 0.4) is 0 Å². The number of hydrogen-bond donors (Lipinski definition) is 1. The van der Waals surface area contributed by atoms with E-state index in [2.05, 4.69) is 10.3 Å². The molecule has 0 aliphatic heterocycles. The van der Waals surface area contributed by atoms with Gasteiger partial charge in [0.25, 0.3) is 0 Å². The van der Waals surface area contributed by atoms with Crippen LogP contribution < -0.4 is 14.8 Å². The maximum atomic E-state index is 6.07. The second-order valence-corrected chi connectivity index (χ2v) is 4.53. The van der Waals surface area contributed by atoms with E-state index >= 15 is 0 Å². The zero-order valence-electron chi connectivity index (χ0n) is 11.5. The highest BCUT2D eigenvalue weighted by molar-refractivity contribution is 6.33. The topological polar surface area (TPSA) is 43.4 Å². The van der Waals surface area contributed by atoms with Crippen molar-refractivity contribution in [3.63, 3.8) is 0 Å². The number of nitrogens with one attached hydrogen (secondary N) is 1. The quantitative estimate of drug-likeness (QED) is 0.880. The van der Waals surface area contributed by atoms with E-state index in [0.717, 1.165) is 22.7 Å². The zero-order valence-corrected chi connectivity index (χ0v) is 12.3. The van der Waals surface area contributed by atoms with Crippen molar-refractivity contribution in [1.82, 2.24) is 4.98 Å². The van der Waals surface area contributed by atoms with E-state index in [1.807, 2.05) is 25.1 Å². The van der Waals surface area contributed by atoms with Crippen LogP contribution in [0.4, 0.5) is 5.69 Å². The second-order valence-electron chi connectivity index (χ2n) is 4.13. The molecule has 4 nitrogen and oxygen atoms in total. The van der Waals surface area contributed by atoms with Crippen LogP contribution in [0.1, 0.15) is 12.5 Å². The van der Waals surface area contributed by atoms with E-state index in [-0.39, 0.29) is 0 Å². The molecule has 0 saturated carbocycles. The van der Waals surface area contributed by atoms with Crippen LogP contribution >= 0.6 is 11.6 Å². The predicted octanol–water partition coefficient (Wildman–Crippen LogP) is 3.75. The van der Waals surface area contributed by atoms with Crippen molar-refractivity contribution < 1.29 is 9.47 Å². The minimum absolute atomic E-state index is 0.599. The van der Waals surface area contributed by atoms with Gasteiger partial charge in [-0.1, -0.05) is 17.7 Å². The first-order chi connectivity index (χ1) is 9.74. The summed E-state index contributed by atoms with van der Waals surface area (Å²) in [5.74, 6) is 1.47. The summed E-state index contributed by atoms with van der Waals surface area (Å²) in [6.45, 7) is 3.18. The number of ether oxygens (including phenoxy) is 2. The molecular weight excluding hydrogens is 276 g/mol. The normalized spacial score (nSPS) is 10.2. The number of aromatic nitrogens is 1. The highest BCUT2D eigenvalue weighted by atomic mass is 35.5. The Hall–Kier alpha value is -1.94. The minimum atomic E-state index is 0.599. The number of hydrogen-bond acceptors (Lipinski definition) is 4. The third kappa shape index (κ3) is 3.54. The lowest BCUT2D eigenvalue weighted by atomic mass is 10.2. The standard InChI is InChI=1S/C15H17ClN2O2/c1-3-20-15-8-11(4-5-14(15)19-2)9-18-13-10-17-7-6-12(13)16/h4-8,10,18H,3,9H2,1-2H3. The van der Waals surface area contributed by atoms with Gasteiger partial charge in [-0.25, -0.2) is 0 Å². The van der Waals surface area contributed by atoms with Crippen LogP contribution in [0.25, 0.3) is 0 Å². The summed E-state index contributed by atoms with van der Waals surface area (Å²) < 4.78 is 10.8. The average molecular weight is 293 g/mol. The summed E-state index contributed by atoms with van der Waals surface area (Å²) in [7, 11) is 1.63. The van der Waals surface area contributed by atoms with Crippen LogP contribution in [0.15, 0.2) is 36.7 Å². The molecule has 0 aliphatic carbocycles. The third-order valence-corrected chi connectivity index (χ3v) is 3.11. The fraction of sp³-hybridized carbons (Fsp3) is 0.267. The zero-order chi connectivity index (χ0) is 14.4. The predicted molar refractivity (Wildman–Crippen MR) is 80.7 cm³/mol. The first kappa shape index (κ1) is 14.5. The summed E-state index contributed by atoms with van der Waals surface area (Å²) in [6, 6.07) is 7.59. The van der Waals surface area contributed by atoms with Crippen molar-refractivity contribution >= 4 is 17.3 Å². The van der Waals surface area contributed by atoms with Crippen LogP contribution in [0.5, 0.6) is 11.5 Å². The van der Waals surface area contributed by atoms with E-state index in [9.17, 15) is 0 Å². The molecule has 0 saturated heterocycles. The van der Waals surface area contributed by atoms with Crippen molar-refractivity contribution in [2.75, 3.05) is 19.0 Å². The number of rotatable bonds is 6. The highest BCUT2D eigenvalue weighted by Crippen LogP contribution is 2.28. The van der Waals surface area contributed by atoms with Crippen LogP contribution in [0, 0.1) is 0 Å². The summed E-state index contributed by atoms with van der Waals surface area (Å²) in [4.78, 5) is 4.04. The minimum Gasteiger partial charge on any atom is -0.493 e. The lowest BCUT2D eigenvalue weighted by molar-refractivity contribution is 0.310. The Balaban J connectivity index is 2.10. The Morgan fingerprint density at radius 3 is 2.80 bits per heavy atom. The average Bonchev–Trinajstić information content (AvgIpc) is 2.47. The molecule has 0 aliphatic rings. The van der Waals surface area contributed by atoms with Crippen molar-refractivity contribution in [3.05, 3.63) is 47.2 Å². The summed E-state index contributed by atoms with van der Waals surface area (Å²) in [6.07, 6.45) is 3.36. The Kier molecular flexibility index (Phi) is 5.07. The maximum Gasteiger partial charge on any atom is 0.161 e. The highest BCUT2D eigenvalue weighted by Gasteiger charge is 2.06. The van der Waals surface area contributed by atoms with Crippen LogP contribution in [-0.2, 0) is 6.54 Å². The molecule has 0 amide bonds. The van der Waals surface area contributed by atoms with Gasteiger partial charge in [-0.3, -0.25) is 4.98 Å². The maximum absolute atomic E-state index is 6.07. The van der Waals surface area contributed by atoms with Crippen molar-refractivity contribution in [2.24, 2.45) is 0 Å². The Bertz CT molecular complexity index is 576. The van der Waals surface area contributed by atoms with E-state index < -0.39 is 0 Å². The molecule has 1 aromatic heterocycles. The van der Waals surface area contributed by atoms with Gasteiger partial charge in [-0.2, -0.15) is 0 Å². The number of methoxy groups -OCH3 is 1. The van der Waals surface area contributed by atoms with Gasteiger partial charge in [-0.15, -0.1) is 0 Å². The molecule has 0 unspecified atom stereocenters. The van der Waals surface area contributed by atoms with E-state index in [1.54, 1.807) is 25.6 Å². The second kappa shape index (κ2) is 7.01. The van der Waals surface area contributed by atoms with E-state index in [4.69, 9.17) is 21.1 Å². The molecule has 0 radical (unpaired) electrons. The fourth-order valence-corrected chi connectivity index (χ4v) is 1.98. The number of halogens is 1. The van der Waals surface area contributed by atoms with Gasteiger partial charge < -0.3 is 14.8 Å². The Morgan fingerprint density at radius 1 is 1.25 bits per heavy atom. The van der Waals surface area contributed by atoms with E-state index in [1.165, 1.54) is 0 Å². The molecule has 0 bridgehead atoms. The number of nitrogens with zero attached hydrogens (tertiary/aromatic N) is 1. The lowest BCUT2D eigenvalue weighted by Crippen LogP contribution is -2.02. The SMILES string of the molecule is CCOc1cc(CNc2cnccc2Cl)ccc1OC. The van der Waals surface area contributed by atoms with Crippen molar-refractivity contribution in [2.45, 2.75) is 13.5 Å². The smallest absolute Gasteiger partial charge is 0.161 e. The van der Waals surface area contributed by atoms with Crippen LogP contribution in [-0.4, -0.2) is 18.7 Å². The number of pyridine rings is 1. The molecule has 1 aromatic carbocycles. The molecule has 5 heteroatoms. The fourth-order valence-electron chi connectivity index (χ4n) is 1.80. The van der Waals surface area contributed by atoms with Gasteiger partial charge in [0.05, 0.1) is 30.6 Å². The summed E-state index contributed by atoms with van der Waals surface area (Å²) >= 11 is 6.07. The third-order valence-electron chi connectivity index (χ3n) is 2.78. The molecule has 2 aromatic rings. The van der Waals surface area contributed by atoms with E-state index in [0.29, 0.717) is 18.2 Å². The lowest BCUT2D eigenvalue weighted by Gasteiger charge is -2.12. The van der Waals surface area contributed by atoms with Crippen LogP contribution in [0.2, 0.25) is 5.02 Å². The number of anilines is 1. The Labute approximate surface area is 123 Å². The number of benzene rings is 1. The Morgan fingerprint density at radius 2 is 2.10 bits per heavy atom. The monoisotopic (exact) mass is 292 g/mol. The largest absolute Gasteiger partial charge is 0.493 e. The molecule has 2 rings (SSSR count). The van der Waals surface area contributed by atoms with Gasteiger partial charge in [0.2, 0.25) is 0 Å².